The molecule has 1 atom stereocenters. The minimum absolute atomic E-state index is 0.266. The smallest absolute Gasteiger partial charge is 0.126 e. The fourth-order valence-electron chi connectivity index (χ4n) is 1.46. The minimum atomic E-state index is -0.761. The molecule has 15 heavy (non-hydrogen) atoms. The van der Waals surface area contributed by atoms with E-state index in [2.05, 4.69) is 0 Å². The molecule has 0 unspecified atom stereocenters. The molecule has 1 aromatic carbocycles. The molecule has 0 aliphatic rings. The summed E-state index contributed by atoms with van der Waals surface area (Å²) in [7, 11) is 0. The third-order valence-electron chi connectivity index (χ3n) is 2.36. The molecular weight excluding hydrogens is 195 g/mol. The van der Waals surface area contributed by atoms with E-state index in [1.807, 2.05) is 0 Å². The van der Waals surface area contributed by atoms with E-state index < -0.39 is 6.10 Å². The highest BCUT2D eigenvalue weighted by Crippen LogP contribution is 2.23. The van der Waals surface area contributed by atoms with Crippen LogP contribution >= 0.6 is 0 Å². The quantitative estimate of drug-likeness (QED) is 0.819. The van der Waals surface area contributed by atoms with E-state index in [9.17, 15) is 9.50 Å². The predicted octanol–water partition coefficient (Wildman–Crippen LogP) is 2.81. The van der Waals surface area contributed by atoms with Crippen LogP contribution < -0.4 is 0 Å². The van der Waals surface area contributed by atoms with Crippen molar-refractivity contribution in [2.24, 2.45) is 0 Å². The van der Waals surface area contributed by atoms with Gasteiger partial charge in [0, 0.05) is 5.56 Å². The zero-order valence-corrected chi connectivity index (χ0v) is 8.27. The van der Waals surface area contributed by atoms with Crippen LogP contribution in [0.5, 0.6) is 0 Å². The first-order chi connectivity index (χ1) is 7.18. The first-order valence-electron chi connectivity index (χ1n) is 4.64. The molecule has 1 N–H and O–H groups in total. The summed E-state index contributed by atoms with van der Waals surface area (Å²) in [5.41, 5.74) is 1.85. The molecule has 0 saturated heterocycles. The second-order valence-electron chi connectivity index (χ2n) is 3.47. The van der Waals surface area contributed by atoms with Gasteiger partial charge in [-0.2, -0.15) is 0 Å². The standard InChI is InChI=1S/C12H11FO2/c1-8-6-9(2-3-11(8)13)12(14)10-4-5-15-7-10/h2-7,12,14H,1H3/t12-/m0/s1. The van der Waals surface area contributed by atoms with Crippen molar-refractivity contribution in [3.63, 3.8) is 0 Å². The van der Waals surface area contributed by atoms with Crippen LogP contribution in [0, 0.1) is 12.7 Å². The van der Waals surface area contributed by atoms with Crippen LogP contribution in [0.2, 0.25) is 0 Å². The largest absolute Gasteiger partial charge is 0.472 e. The fourth-order valence-corrected chi connectivity index (χ4v) is 1.46. The van der Waals surface area contributed by atoms with Crippen molar-refractivity contribution in [3.8, 4) is 0 Å². The van der Waals surface area contributed by atoms with Crippen LogP contribution in [0.15, 0.2) is 41.2 Å². The third kappa shape index (κ3) is 1.92. The van der Waals surface area contributed by atoms with Gasteiger partial charge in [0.1, 0.15) is 11.9 Å². The molecule has 0 aliphatic carbocycles. The summed E-state index contributed by atoms with van der Waals surface area (Å²) in [5.74, 6) is -0.266. The molecule has 1 heterocycles. The SMILES string of the molecule is Cc1cc([C@H](O)c2ccoc2)ccc1F. The maximum atomic E-state index is 13.0. The van der Waals surface area contributed by atoms with E-state index in [0.717, 1.165) is 0 Å². The lowest BCUT2D eigenvalue weighted by atomic mass is 10.0. The van der Waals surface area contributed by atoms with Gasteiger partial charge >= 0.3 is 0 Å². The van der Waals surface area contributed by atoms with E-state index >= 15 is 0 Å². The maximum absolute atomic E-state index is 13.0. The van der Waals surface area contributed by atoms with E-state index in [4.69, 9.17) is 4.42 Å². The summed E-state index contributed by atoms with van der Waals surface area (Å²) in [5, 5.41) is 9.91. The second-order valence-corrected chi connectivity index (χ2v) is 3.47. The third-order valence-corrected chi connectivity index (χ3v) is 2.36. The highest BCUT2D eigenvalue weighted by molar-refractivity contribution is 5.31. The number of hydrogen-bond donors (Lipinski definition) is 1. The van der Waals surface area contributed by atoms with Crippen LogP contribution in [0.3, 0.4) is 0 Å². The fraction of sp³-hybridized carbons (Fsp3) is 0.167. The van der Waals surface area contributed by atoms with Gasteiger partial charge in [0.25, 0.3) is 0 Å². The number of rotatable bonds is 2. The minimum Gasteiger partial charge on any atom is -0.472 e. The van der Waals surface area contributed by atoms with Crippen molar-refractivity contribution >= 4 is 0 Å². The molecular formula is C12H11FO2. The zero-order valence-electron chi connectivity index (χ0n) is 8.27. The number of furan rings is 1. The van der Waals surface area contributed by atoms with Crippen LogP contribution in [0.4, 0.5) is 4.39 Å². The maximum Gasteiger partial charge on any atom is 0.126 e. The van der Waals surface area contributed by atoms with Crippen LogP contribution in [-0.2, 0) is 0 Å². The highest BCUT2D eigenvalue weighted by atomic mass is 19.1. The number of aryl methyl sites for hydroxylation is 1. The van der Waals surface area contributed by atoms with Gasteiger partial charge in [-0.1, -0.05) is 12.1 Å². The second kappa shape index (κ2) is 3.87. The van der Waals surface area contributed by atoms with E-state index in [1.165, 1.54) is 18.6 Å². The van der Waals surface area contributed by atoms with E-state index in [-0.39, 0.29) is 5.82 Å². The van der Waals surface area contributed by atoms with Crippen molar-refractivity contribution in [1.82, 2.24) is 0 Å². The average Bonchev–Trinajstić information content (AvgIpc) is 2.74. The molecule has 0 fully saturated rings. The van der Waals surface area contributed by atoms with Crippen LogP contribution in [0.1, 0.15) is 22.8 Å². The predicted molar refractivity (Wildman–Crippen MR) is 53.9 cm³/mol. The molecule has 0 radical (unpaired) electrons. The lowest BCUT2D eigenvalue weighted by Gasteiger charge is -2.09. The molecule has 2 rings (SSSR count). The molecule has 2 aromatic rings. The molecule has 0 bridgehead atoms. The first kappa shape index (κ1) is 9.93. The van der Waals surface area contributed by atoms with Gasteiger partial charge in [-0.25, -0.2) is 4.39 Å². The Morgan fingerprint density at radius 2 is 2.07 bits per heavy atom. The Bertz CT molecular complexity index is 449. The first-order valence-corrected chi connectivity index (χ1v) is 4.64. The molecule has 0 saturated carbocycles. The van der Waals surface area contributed by atoms with Gasteiger partial charge < -0.3 is 9.52 Å². The summed E-state index contributed by atoms with van der Waals surface area (Å²) in [4.78, 5) is 0. The molecule has 2 nitrogen and oxygen atoms in total. The molecule has 0 aliphatic heterocycles. The Morgan fingerprint density at radius 3 is 2.67 bits per heavy atom. The number of benzene rings is 1. The lowest BCUT2D eigenvalue weighted by molar-refractivity contribution is 0.219. The van der Waals surface area contributed by atoms with Crippen molar-refractivity contribution < 1.29 is 13.9 Å². The topological polar surface area (TPSA) is 33.4 Å². The van der Waals surface area contributed by atoms with Crippen LogP contribution in [0.25, 0.3) is 0 Å². The molecule has 0 amide bonds. The summed E-state index contributed by atoms with van der Waals surface area (Å²) in [6, 6.07) is 6.24. The number of hydrogen-bond acceptors (Lipinski definition) is 2. The monoisotopic (exact) mass is 206 g/mol. The summed E-state index contributed by atoms with van der Waals surface area (Å²) in [6.07, 6.45) is 2.21. The Labute approximate surface area is 87.0 Å². The molecule has 1 aromatic heterocycles. The Balaban J connectivity index is 2.34. The summed E-state index contributed by atoms with van der Waals surface area (Å²) in [6.45, 7) is 1.67. The van der Waals surface area contributed by atoms with Crippen LogP contribution in [-0.4, -0.2) is 5.11 Å². The lowest BCUT2D eigenvalue weighted by Crippen LogP contribution is -1.99. The van der Waals surface area contributed by atoms with E-state index in [0.29, 0.717) is 16.7 Å². The van der Waals surface area contributed by atoms with Crippen molar-refractivity contribution in [3.05, 3.63) is 59.3 Å². The molecule has 3 heteroatoms. The zero-order chi connectivity index (χ0) is 10.8. The van der Waals surface area contributed by atoms with E-state index in [1.54, 1.807) is 25.1 Å². The number of aliphatic hydroxyl groups excluding tert-OH is 1. The van der Waals surface area contributed by atoms with Crippen molar-refractivity contribution in [1.29, 1.82) is 0 Å². The highest BCUT2D eigenvalue weighted by Gasteiger charge is 2.12. The molecule has 78 valence electrons. The van der Waals surface area contributed by atoms with Gasteiger partial charge in [-0.3, -0.25) is 0 Å². The number of halogens is 1. The van der Waals surface area contributed by atoms with Gasteiger partial charge in [-0.05, 0) is 30.2 Å². The van der Waals surface area contributed by atoms with Crippen molar-refractivity contribution in [2.75, 3.05) is 0 Å². The van der Waals surface area contributed by atoms with Crippen molar-refractivity contribution in [2.45, 2.75) is 13.0 Å². The van der Waals surface area contributed by atoms with Gasteiger partial charge in [0.2, 0.25) is 0 Å². The van der Waals surface area contributed by atoms with Gasteiger partial charge in [-0.15, -0.1) is 0 Å². The summed E-state index contributed by atoms with van der Waals surface area (Å²) < 4.78 is 17.9. The number of aliphatic hydroxyl groups is 1. The Morgan fingerprint density at radius 1 is 1.27 bits per heavy atom. The normalized spacial score (nSPS) is 12.7. The molecule has 0 spiro atoms. The van der Waals surface area contributed by atoms with Gasteiger partial charge in [0.15, 0.2) is 0 Å². The Kier molecular flexibility index (Phi) is 2.56. The average molecular weight is 206 g/mol. The Hall–Kier alpha value is -1.61. The summed E-state index contributed by atoms with van der Waals surface area (Å²) >= 11 is 0. The van der Waals surface area contributed by atoms with Gasteiger partial charge in [0.05, 0.1) is 12.5 Å².